The van der Waals surface area contributed by atoms with Gasteiger partial charge in [-0.2, -0.15) is 0 Å². The number of nitrogens with one attached hydrogen (secondary N) is 1. The topological polar surface area (TPSA) is 29.1 Å². The molecule has 0 aromatic carbocycles. The van der Waals surface area contributed by atoms with Gasteiger partial charge in [-0.05, 0) is 55.4 Å². The second-order valence-corrected chi connectivity index (χ2v) is 11.1. The summed E-state index contributed by atoms with van der Waals surface area (Å²) in [6.45, 7) is 0.791. The van der Waals surface area contributed by atoms with Crippen molar-refractivity contribution in [3.63, 3.8) is 0 Å². The van der Waals surface area contributed by atoms with Crippen LogP contribution in [0.1, 0.15) is 37.0 Å². The fraction of sp³-hybridized carbons (Fsp3) is 0.722. The average Bonchev–Trinajstić information content (AvgIpc) is 3.19. The van der Waals surface area contributed by atoms with Gasteiger partial charge >= 0.3 is 0 Å². The molecule has 3 fully saturated rings. The van der Waals surface area contributed by atoms with Crippen LogP contribution in [0.25, 0.3) is 0 Å². The molecule has 126 valence electrons. The quantitative estimate of drug-likeness (QED) is 0.855. The third kappa shape index (κ3) is 3.21. The Hall–Kier alpha value is -0.130. The molecular weight excluding hydrogens is 342 g/mol. The average molecular weight is 368 g/mol. The minimum atomic E-state index is 0.265. The number of hydrogen-bond acceptors (Lipinski definition) is 4. The van der Waals surface area contributed by atoms with Crippen molar-refractivity contribution in [2.24, 2.45) is 17.8 Å². The van der Waals surface area contributed by atoms with E-state index in [2.05, 4.69) is 46.4 Å². The van der Waals surface area contributed by atoms with Gasteiger partial charge in [0.25, 0.3) is 0 Å². The van der Waals surface area contributed by atoms with Gasteiger partial charge in [0.05, 0.1) is 4.08 Å². The number of rotatable bonds is 4. The minimum Gasteiger partial charge on any atom is -0.356 e. The van der Waals surface area contributed by atoms with Crippen molar-refractivity contribution in [3.8, 4) is 0 Å². The number of thiophene rings is 1. The van der Waals surface area contributed by atoms with Crippen LogP contribution in [-0.2, 0) is 11.2 Å². The maximum absolute atomic E-state index is 12.6. The van der Waals surface area contributed by atoms with Gasteiger partial charge in [0.15, 0.2) is 0 Å². The number of carbonyl (C=O) groups is 1. The smallest absolute Gasteiger partial charge is 0.223 e. The normalized spacial score (nSPS) is 32.1. The molecule has 3 atom stereocenters. The summed E-state index contributed by atoms with van der Waals surface area (Å²) in [4.78, 5) is 14.0. The lowest BCUT2D eigenvalue weighted by Gasteiger charge is -2.52. The molecule has 1 aromatic heterocycles. The summed E-state index contributed by atoms with van der Waals surface area (Å²) in [7, 11) is 0. The van der Waals surface area contributed by atoms with Crippen LogP contribution in [0, 0.1) is 17.8 Å². The van der Waals surface area contributed by atoms with E-state index in [1.54, 1.807) is 11.3 Å². The summed E-state index contributed by atoms with van der Waals surface area (Å²) in [5.41, 5.74) is 0. The minimum absolute atomic E-state index is 0.265. The van der Waals surface area contributed by atoms with Crippen LogP contribution in [0.5, 0.6) is 0 Å². The molecule has 1 N–H and O–H groups in total. The molecule has 0 radical (unpaired) electrons. The summed E-state index contributed by atoms with van der Waals surface area (Å²) in [5.74, 6) is 4.74. The van der Waals surface area contributed by atoms with Crippen molar-refractivity contribution in [1.82, 2.24) is 5.32 Å². The molecule has 2 heterocycles. The lowest BCUT2D eigenvalue weighted by atomic mass is 9.67. The Kier molecular flexibility index (Phi) is 4.98. The van der Waals surface area contributed by atoms with Crippen molar-refractivity contribution in [3.05, 3.63) is 22.4 Å². The first kappa shape index (κ1) is 16.3. The van der Waals surface area contributed by atoms with E-state index in [-0.39, 0.29) is 5.92 Å². The molecule has 1 unspecified atom stereocenters. The standard InChI is InChI=1S/C18H25NOS3/c20-17(19-7-6-16-5-2-8-21-16)13-11-14-3-1-4-15(12-13)18(14)22-9-10-23-18/h2,5,8,13-15H,1,3-4,6-7,9-12H2,(H,19,20)/t13?,14-,15+. The highest BCUT2D eigenvalue weighted by Crippen LogP contribution is 2.64. The maximum atomic E-state index is 12.6. The lowest BCUT2D eigenvalue weighted by molar-refractivity contribution is -0.127. The zero-order valence-corrected chi connectivity index (χ0v) is 15.9. The zero-order chi connectivity index (χ0) is 15.7. The van der Waals surface area contributed by atoms with Gasteiger partial charge in [-0.15, -0.1) is 34.9 Å². The second kappa shape index (κ2) is 7.01. The van der Waals surface area contributed by atoms with Crippen LogP contribution < -0.4 is 5.32 Å². The molecular formula is C18H25NOS3. The Balaban J connectivity index is 1.34. The van der Waals surface area contributed by atoms with Crippen molar-refractivity contribution in [1.29, 1.82) is 0 Å². The molecule has 1 spiro atoms. The van der Waals surface area contributed by atoms with Gasteiger partial charge in [0.1, 0.15) is 0 Å². The molecule has 1 saturated heterocycles. The molecule has 2 aliphatic carbocycles. The second-order valence-electron chi connectivity index (χ2n) is 7.03. The molecule has 3 aliphatic rings. The van der Waals surface area contributed by atoms with Crippen LogP contribution in [0.4, 0.5) is 0 Å². The number of hydrogen-bond donors (Lipinski definition) is 1. The Labute approximate surface area is 151 Å². The predicted molar refractivity (Wildman–Crippen MR) is 102 cm³/mol. The summed E-state index contributed by atoms with van der Waals surface area (Å²) in [6.07, 6.45) is 7.29. The highest BCUT2D eigenvalue weighted by atomic mass is 32.2. The van der Waals surface area contributed by atoms with Crippen LogP contribution in [0.3, 0.4) is 0 Å². The van der Waals surface area contributed by atoms with Gasteiger partial charge in [-0.1, -0.05) is 12.5 Å². The summed E-state index contributed by atoms with van der Waals surface area (Å²) in [6, 6.07) is 4.24. The molecule has 5 heteroatoms. The Morgan fingerprint density at radius 2 is 1.96 bits per heavy atom. The summed E-state index contributed by atoms with van der Waals surface area (Å²) < 4.78 is 0.478. The molecule has 1 aromatic rings. The van der Waals surface area contributed by atoms with Gasteiger partial charge in [0, 0.05) is 28.8 Å². The fourth-order valence-electron chi connectivity index (χ4n) is 4.73. The van der Waals surface area contributed by atoms with Gasteiger partial charge < -0.3 is 5.32 Å². The SMILES string of the molecule is O=C(NCCc1cccs1)C1C[C@H]2CCC[C@@H](C1)C21SCCS1. The third-order valence-electron chi connectivity index (χ3n) is 5.74. The van der Waals surface area contributed by atoms with E-state index in [1.165, 1.54) is 35.6 Å². The first-order valence-electron chi connectivity index (χ1n) is 8.86. The molecule has 2 nitrogen and oxygen atoms in total. The number of thioether (sulfide) groups is 2. The molecule has 1 amide bonds. The van der Waals surface area contributed by atoms with Crippen molar-refractivity contribution in [2.45, 2.75) is 42.6 Å². The molecule has 1 aliphatic heterocycles. The van der Waals surface area contributed by atoms with E-state index in [4.69, 9.17) is 0 Å². The van der Waals surface area contributed by atoms with Crippen LogP contribution >= 0.6 is 34.9 Å². The largest absolute Gasteiger partial charge is 0.356 e. The molecule has 4 rings (SSSR count). The van der Waals surface area contributed by atoms with Crippen molar-refractivity contribution >= 4 is 40.8 Å². The van der Waals surface area contributed by atoms with Gasteiger partial charge in [-0.25, -0.2) is 0 Å². The summed E-state index contributed by atoms with van der Waals surface area (Å²) >= 11 is 6.22. The highest BCUT2D eigenvalue weighted by Gasteiger charge is 2.55. The first-order valence-corrected chi connectivity index (χ1v) is 11.7. The van der Waals surface area contributed by atoms with Crippen LogP contribution in [0.15, 0.2) is 17.5 Å². The Bertz CT molecular complexity index is 522. The van der Waals surface area contributed by atoms with Crippen LogP contribution in [-0.4, -0.2) is 28.0 Å². The van der Waals surface area contributed by atoms with E-state index in [9.17, 15) is 4.79 Å². The van der Waals surface area contributed by atoms with Crippen molar-refractivity contribution in [2.75, 3.05) is 18.1 Å². The van der Waals surface area contributed by atoms with Crippen LogP contribution in [0.2, 0.25) is 0 Å². The maximum Gasteiger partial charge on any atom is 0.223 e. The lowest BCUT2D eigenvalue weighted by Crippen LogP contribution is -2.49. The number of amides is 1. The highest BCUT2D eigenvalue weighted by molar-refractivity contribution is 8.21. The van der Waals surface area contributed by atoms with Crippen molar-refractivity contribution < 1.29 is 4.79 Å². The number of carbonyl (C=O) groups excluding carboxylic acids is 1. The van der Waals surface area contributed by atoms with Gasteiger partial charge in [-0.3, -0.25) is 4.79 Å². The van der Waals surface area contributed by atoms with E-state index in [0.717, 1.165) is 37.6 Å². The fourth-order valence-corrected chi connectivity index (χ4v) is 9.38. The van der Waals surface area contributed by atoms with E-state index in [1.807, 2.05) is 0 Å². The predicted octanol–water partition coefficient (Wildman–Crippen LogP) is 4.41. The first-order chi connectivity index (χ1) is 11.3. The summed E-state index contributed by atoms with van der Waals surface area (Å²) in [5, 5.41) is 5.32. The zero-order valence-electron chi connectivity index (χ0n) is 13.5. The monoisotopic (exact) mass is 367 g/mol. The van der Waals surface area contributed by atoms with E-state index < -0.39 is 0 Å². The van der Waals surface area contributed by atoms with Gasteiger partial charge in [0.2, 0.25) is 5.91 Å². The van der Waals surface area contributed by atoms with E-state index >= 15 is 0 Å². The molecule has 23 heavy (non-hydrogen) atoms. The Morgan fingerprint density at radius 3 is 2.61 bits per heavy atom. The Morgan fingerprint density at radius 1 is 1.22 bits per heavy atom. The van der Waals surface area contributed by atoms with E-state index in [0.29, 0.717) is 9.99 Å². The third-order valence-corrected chi connectivity index (χ3v) is 10.7. The molecule has 2 saturated carbocycles. The molecule has 2 bridgehead atoms.